The lowest BCUT2D eigenvalue weighted by Gasteiger charge is -2.23. The van der Waals surface area contributed by atoms with Crippen LogP contribution in [-0.2, 0) is 33.7 Å². The molecule has 4 rings (SSSR count). The Morgan fingerprint density at radius 3 is 2.17 bits per heavy atom. The van der Waals surface area contributed by atoms with Gasteiger partial charge in [0.25, 0.3) is 0 Å². The maximum absolute atomic E-state index is 14.2. The smallest absolute Gasteiger partial charge is 0.349 e. The van der Waals surface area contributed by atoms with Gasteiger partial charge in [-0.2, -0.15) is 30.6 Å². The summed E-state index contributed by atoms with van der Waals surface area (Å²) in [4.78, 5) is 25.8. The van der Waals surface area contributed by atoms with Crippen molar-refractivity contribution >= 4 is 15.9 Å². The summed E-state index contributed by atoms with van der Waals surface area (Å²) in [6.07, 6.45) is -10.6. The molecule has 2 aromatic heterocycles. The predicted molar refractivity (Wildman–Crippen MR) is 119 cm³/mol. The highest BCUT2D eigenvalue weighted by atomic mass is 32.2. The SMILES string of the molecule is O=C(NCc1nc(-c2cnc(C(F)(F)F)nc2)ncc1C(F)(F)F)[C@@H]1C[C@@H](F)CN1S(=O)(=O)c1ccc(F)cc1. The molecule has 2 atom stereocenters. The van der Waals surface area contributed by atoms with Gasteiger partial charge in [-0.15, -0.1) is 0 Å². The largest absolute Gasteiger partial charge is 0.451 e. The first kappa shape index (κ1) is 29.2. The van der Waals surface area contributed by atoms with Crippen LogP contribution in [0.15, 0.2) is 47.8 Å². The number of rotatable bonds is 6. The Balaban J connectivity index is 1.58. The monoisotopic (exact) mass is 596 g/mol. The third kappa shape index (κ3) is 6.16. The molecule has 0 saturated carbocycles. The number of halogens is 8. The van der Waals surface area contributed by atoms with Crippen molar-refractivity contribution in [1.29, 1.82) is 0 Å². The van der Waals surface area contributed by atoms with Crippen LogP contribution in [0.4, 0.5) is 35.1 Å². The molecule has 1 aliphatic heterocycles. The van der Waals surface area contributed by atoms with E-state index in [0.29, 0.717) is 22.9 Å². The molecular formula is C22H16F8N6O3S. The Kier molecular flexibility index (Phi) is 7.77. The van der Waals surface area contributed by atoms with Crippen molar-refractivity contribution in [3.8, 4) is 11.4 Å². The number of benzene rings is 1. The van der Waals surface area contributed by atoms with E-state index in [1.165, 1.54) is 0 Å². The van der Waals surface area contributed by atoms with Crippen LogP contribution in [0.1, 0.15) is 23.5 Å². The van der Waals surface area contributed by atoms with E-state index in [4.69, 9.17) is 0 Å². The molecule has 1 aliphatic rings. The third-order valence-corrected chi connectivity index (χ3v) is 7.58. The average Bonchev–Trinajstić information content (AvgIpc) is 3.29. The molecule has 0 bridgehead atoms. The highest BCUT2D eigenvalue weighted by molar-refractivity contribution is 7.89. The summed E-state index contributed by atoms with van der Waals surface area (Å²) < 4.78 is 133. The second-order valence-electron chi connectivity index (χ2n) is 8.44. The molecule has 0 unspecified atom stereocenters. The van der Waals surface area contributed by atoms with Gasteiger partial charge >= 0.3 is 12.4 Å². The summed E-state index contributed by atoms with van der Waals surface area (Å²) in [6, 6.07) is 1.86. The van der Waals surface area contributed by atoms with E-state index >= 15 is 0 Å². The molecule has 40 heavy (non-hydrogen) atoms. The van der Waals surface area contributed by atoms with Gasteiger partial charge in [-0.25, -0.2) is 37.1 Å². The molecule has 1 N–H and O–H groups in total. The first-order valence-electron chi connectivity index (χ1n) is 11.1. The number of nitrogens with one attached hydrogen (secondary N) is 1. The lowest BCUT2D eigenvalue weighted by atomic mass is 10.1. The van der Waals surface area contributed by atoms with Crippen molar-refractivity contribution in [3.05, 3.63) is 65.8 Å². The van der Waals surface area contributed by atoms with E-state index in [-0.39, 0.29) is 5.56 Å². The van der Waals surface area contributed by atoms with Gasteiger partial charge in [0, 0.05) is 31.6 Å². The van der Waals surface area contributed by atoms with Crippen LogP contribution in [0.3, 0.4) is 0 Å². The fourth-order valence-electron chi connectivity index (χ4n) is 3.81. The Morgan fingerprint density at radius 2 is 1.60 bits per heavy atom. The molecule has 3 heterocycles. The van der Waals surface area contributed by atoms with E-state index in [0.717, 1.165) is 24.3 Å². The van der Waals surface area contributed by atoms with Crippen molar-refractivity contribution in [3.63, 3.8) is 0 Å². The second-order valence-corrected chi connectivity index (χ2v) is 10.3. The van der Waals surface area contributed by atoms with Gasteiger partial charge < -0.3 is 5.32 Å². The zero-order valence-corrected chi connectivity index (χ0v) is 20.5. The maximum atomic E-state index is 14.2. The number of sulfonamides is 1. The molecule has 1 fully saturated rings. The minimum atomic E-state index is -5.01. The van der Waals surface area contributed by atoms with Gasteiger partial charge in [0.15, 0.2) is 5.82 Å². The molecule has 9 nitrogen and oxygen atoms in total. The van der Waals surface area contributed by atoms with Gasteiger partial charge in [-0.3, -0.25) is 4.79 Å². The molecule has 18 heteroatoms. The number of hydrogen-bond acceptors (Lipinski definition) is 7. The number of aromatic nitrogens is 4. The Labute approximate surface area is 220 Å². The number of alkyl halides is 7. The van der Waals surface area contributed by atoms with E-state index in [2.05, 4.69) is 25.3 Å². The highest BCUT2D eigenvalue weighted by Crippen LogP contribution is 2.33. The Hall–Kier alpha value is -3.80. The van der Waals surface area contributed by atoms with Crippen molar-refractivity contribution in [1.82, 2.24) is 29.6 Å². The van der Waals surface area contributed by atoms with Gasteiger partial charge in [0.1, 0.15) is 18.0 Å². The topological polar surface area (TPSA) is 118 Å². The van der Waals surface area contributed by atoms with E-state index in [9.17, 15) is 48.3 Å². The summed E-state index contributed by atoms with van der Waals surface area (Å²) in [5, 5.41) is 2.10. The lowest BCUT2D eigenvalue weighted by molar-refractivity contribution is -0.145. The molecule has 1 aromatic carbocycles. The second kappa shape index (κ2) is 10.6. The third-order valence-electron chi connectivity index (χ3n) is 5.69. The lowest BCUT2D eigenvalue weighted by Crippen LogP contribution is -2.45. The first-order valence-corrected chi connectivity index (χ1v) is 12.5. The van der Waals surface area contributed by atoms with Gasteiger partial charge in [0.2, 0.25) is 21.8 Å². The molecular weight excluding hydrogens is 580 g/mol. The van der Waals surface area contributed by atoms with Crippen LogP contribution in [0.2, 0.25) is 0 Å². The molecule has 0 radical (unpaired) electrons. The summed E-state index contributed by atoms with van der Waals surface area (Å²) in [5.41, 5.74) is -2.47. The number of carbonyl (C=O) groups is 1. The Morgan fingerprint density at radius 1 is 0.975 bits per heavy atom. The van der Waals surface area contributed by atoms with Crippen LogP contribution in [0, 0.1) is 5.82 Å². The molecule has 0 aliphatic carbocycles. The van der Waals surface area contributed by atoms with Crippen molar-refractivity contribution in [2.75, 3.05) is 6.54 Å². The molecule has 3 aromatic rings. The maximum Gasteiger partial charge on any atom is 0.451 e. The minimum Gasteiger partial charge on any atom is -0.349 e. The minimum absolute atomic E-state index is 0.262. The van der Waals surface area contributed by atoms with Crippen molar-refractivity contribution in [2.45, 2.75) is 42.4 Å². The number of hydrogen-bond donors (Lipinski definition) is 1. The standard InChI is InChI=1S/C22H16F8N6O3S/c23-12-1-3-14(4-2-12)40(38,39)36-10-13(24)5-17(36)19(37)32-9-16-15(21(25,26)27)8-31-18(35-16)11-6-33-20(34-7-11)22(28,29)30/h1-4,6-8,13,17H,5,9-10H2,(H,32,37)/t13-,17+/m1/s1. The van der Waals surface area contributed by atoms with Crippen LogP contribution < -0.4 is 5.32 Å². The first-order chi connectivity index (χ1) is 18.6. The Bertz CT molecular complexity index is 1500. The van der Waals surface area contributed by atoms with Gasteiger partial charge in [-0.05, 0) is 24.3 Å². The van der Waals surface area contributed by atoms with Crippen LogP contribution in [-0.4, -0.2) is 57.3 Å². The summed E-state index contributed by atoms with van der Waals surface area (Å²) in [7, 11) is -4.49. The zero-order chi connectivity index (χ0) is 29.5. The van der Waals surface area contributed by atoms with Gasteiger partial charge in [0.05, 0.1) is 28.3 Å². The summed E-state index contributed by atoms with van der Waals surface area (Å²) >= 11 is 0. The van der Waals surface area contributed by atoms with Gasteiger partial charge in [-0.1, -0.05) is 0 Å². The molecule has 1 amide bonds. The summed E-state index contributed by atoms with van der Waals surface area (Å²) in [5.74, 6) is -3.88. The normalized spacial score (nSPS) is 18.6. The number of carbonyl (C=O) groups excluding carboxylic acids is 1. The fourth-order valence-corrected chi connectivity index (χ4v) is 5.43. The average molecular weight is 596 g/mol. The zero-order valence-electron chi connectivity index (χ0n) is 19.7. The van der Waals surface area contributed by atoms with E-state index < -0.39 is 93.6 Å². The van der Waals surface area contributed by atoms with Crippen molar-refractivity contribution < 1.29 is 48.3 Å². The predicted octanol–water partition coefficient (Wildman–Crippen LogP) is 3.53. The summed E-state index contributed by atoms with van der Waals surface area (Å²) in [6.45, 7) is -1.65. The van der Waals surface area contributed by atoms with E-state index in [1.54, 1.807) is 0 Å². The van der Waals surface area contributed by atoms with E-state index in [1.807, 2.05) is 0 Å². The molecule has 214 valence electrons. The highest BCUT2D eigenvalue weighted by Gasteiger charge is 2.44. The number of nitrogens with zero attached hydrogens (tertiary/aromatic N) is 5. The number of amides is 1. The quantitative estimate of drug-likeness (QED) is 0.433. The fraction of sp³-hybridized carbons (Fsp3) is 0.318. The van der Waals surface area contributed by atoms with Crippen LogP contribution in [0.25, 0.3) is 11.4 Å². The van der Waals surface area contributed by atoms with Crippen LogP contribution in [0.5, 0.6) is 0 Å². The van der Waals surface area contributed by atoms with Crippen molar-refractivity contribution in [2.24, 2.45) is 0 Å². The molecule has 0 spiro atoms. The van der Waals surface area contributed by atoms with Crippen LogP contribution >= 0.6 is 0 Å². The molecule has 1 saturated heterocycles.